The van der Waals surface area contributed by atoms with E-state index in [2.05, 4.69) is 47.9 Å². The molecule has 0 aliphatic heterocycles. The summed E-state index contributed by atoms with van der Waals surface area (Å²) in [5.74, 6) is 2.12. The van der Waals surface area contributed by atoms with Crippen LogP contribution in [0.3, 0.4) is 0 Å². The zero-order valence-electron chi connectivity index (χ0n) is 12.2. The average molecular weight is 300 g/mol. The molecule has 0 amide bonds. The van der Waals surface area contributed by atoms with Crippen molar-refractivity contribution in [3.05, 3.63) is 21.9 Å². The number of rotatable bonds is 8. The van der Waals surface area contributed by atoms with Crippen molar-refractivity contribution in [3.8, 4) is 0 Å². The van der Waals surface area contributed by atoms with E-state index in [0.717, 1.165) is 32.0 Å². The molecule has 108 valence electrons. The zero-order valence-corrected chi connectivity index (χ0v) is 13.8. The van der Waals surface area contributed by atoms with Crippen molar-refractivity contribution < 1.29 is 0 Å². The normalized spacial score (nSPS) is 11.6. The smallest absolute Gasteiger partial charge is 0.191 e. The lowest BCUT2D eigenvalue weighted by atomic mass is 10.4. The predicted molar refractivity (Wildman–Crippen MR) is 89.5 cm³/mol. The van der Waals surface area contributed by atoms with Crippen LogP contribution < -0.4 is 10.6 Å². The summed E-state index contributed by atoms with van der Waals surface area (Å²) in [6.07, 6.45) is 4.42. The number of aryl methyl sites for hydroxylation is 1. The Labute approximate surface area is 125 Å². The summed E-state index contributed by atoms with van der Waals surface area (Å²) in [6, 6.07) is 4.39. The molecule has 0 saturated carbocycles. The van der Waals surface area contributed by atoms with E-state index in [1.165, 1.54) is 21.9 Å². The molecule has 2 N–H and O–H groups in total. The molecule has 1 rings (SSSR count). The van der Waals surface area contributed by atoms with Gasteiger partial charge in [0, 0.05) is 22.8 Å². The topological polar surface area (TPSA) is 36.4 Å². The molecule has 0 spiro atoms. The Kier molecular flexibility index (Phi) is 8.75. The summed E-state index contributed by atoms with van der Waals surface area (Å²) in [6.45, 7) is 6.94. The molecule has 0 unspecified atom stereocenters. The maximum Gasteiger partial charge on any atom is 0.191 e. The highest BCUT2D eigenvalue weighted by Gasteiger charge is 2.00. The van der Waals surface area contributed by atoms with Gasteiger partial charge in [-0.2, -0.15) is 11.8 Å². The quantitative estimate of drug-likeness (QED) is 0.440. The van der Waals surface area contributed by atoms with Gasteiger partial charge in [0.1, 0.15) is 0 Å². The Morgan fingerprint density at radius 1 is 1.26 bits per heavy atom. The van der Waals surface area contributed by atoms with Gasteiger partial charge >= 0.3 is 0 Å². The summed E-state index contributed by atoms with van der Waals surface area (Å²) in [5.41, 5.74) is 0. The molecule has 0 atom stereocenters. The first-order valence-electron chi connectivity index (χ1n) is 6.88. The predicted octanol–water partition coefficient (Wildman–Crippen LogP) is 3.12. The molecule has 0 saturated heterocycles. The first-order valence-corrected chi connectivity index (χ1v) is 9.09. The van der Waals surface area contributed by atoms with Crippen LogP contribution in [-0.2, 0) is 13.0 Å². The number of nitrogens with one attached hydrogen (secondary N) is 2. The van der Waals surface area contributed by atoms with Crippen molar-refractivity contribution in [2.45, 2.75) is 33.2 Å². The Hall–Kier alpha value is -0.680. The van der Waals surface area contributed by atoms with Gasteiger partial charge in [-0.1, -0.05) is 6.92 Å². The van der Waals surface area contributed by atoms with E-state index in [9.17, 15) is 0 Å². The highest BCUT2D eigenvalue weighted by Crippen LogP contribution is 2.17. The van der Waals surface area contributed by atoms with Gasteiger partial charge in [0.05, 0.1) is 6.54 Å². The van der Waals surface area contributed by atoms with Gasteiger partial charge < -0.3 is 10.6 Å². The van der Waals surface area contributed by atoms with Gasteiger partial charge in [0.15, 0.2) is 5.96 Å². The van der Waals surface area contributed by atoms with Crippen LogP contribution in [0.5, 0.6) is 0 Å². The van der Waals surface area contributed by atoms with E-state index in [1.54, 1.807) is 0 Å². The minimum absolute atomic E-state index is 0.766. The molecule has 1 aromatic heterocycles. The van der Waals surface area contributed by atoms with Crippen molar-refractivity contribution in [2.75, 3.05) is 25.1 Å². The fourth-order valence-corrected chi connectivity index (χ4v) is 2.93. The lowest BCUT2D eigenvalue weighted by Crippen LogP contribution is -2.37. The second kappa shape index (κ2) is 10.1. The number of guanidine groups is 1. The fraction of sp³-hybridized carbons (Fsp3) is 0.643. The van der Waals surface area contributed by atoms with Gasteiger partial charge in [0.2, 0.25) is 0 Å². The van der Waals surface area contributed by atoms with Gasteiger partial charge in [-0.25, -0.2) is 4.99 Å². The van der Waals surface area contributed by atoms with E-state index < -0.39 is 0 Å². The SMILES string of the molecule is CCNC(=NCc1ccc(CC)s1)NCCCSC. The zero-order chi connectivity index (χ0) is 13.9. The van der Waals surface area contributed by atoms with Crippen molar-refractivity contribution >= 4 is 29.1 Å². The number of hydrogen-bond donors (Lipinski definition) is 2. The number of aliphatic imine (C=N–C) groups is 1. The van der Waals surface area contributed by atoms with Gasteiger partial charge in [-0.15, -0.1) is 11.3 Å². The average Bonchev–Trinajstić information content (AvgIpc) is 2.88. The summed E-state index contributed by atoms with van der Waals surface area (Å²) in [5, 5.41) is 6.66. The van der Waals surface area contributed by atoms with Crippen molar-refractivity contribution in [1.82, 2.24) is 10.6 Å². The summed E-state index contributed by atoms with van der Waals surface area (Å²) in [7, 11) is 0. The second-order valence-corrected chi connectivity index (χ2v) is 6.43. The molecule has 0 bridgehead atoms. The van der Waals surface area contributed by atoms with Crippen LogP contribution >= 0.6 is 23.1 Å². The molecule has 0 fully saturated rings. The molecule has 0 radical (unpaired) electrons. The molecule has 0 aliphatic rings. The minimum Gasteiger partial charge on any atom is -0.357 e. The van der Waals surface area contributed by atoms with Crippen LogP contribution in [0, 0.1) is 0 Å². The lowest BCUT2D eigenvalue weighted by Gasteiger charge is -2.10. The Morgan fingerprint density at radius 2 is 2.05 bits per heavy atom. The molecule has 1 heterocycles. The Bertz CT molecular complexity index is 375. The lowest BCUT2D eigenvalue weighted by molar-refractivity contribution is 0.791. The summed E-state index contributed by atoms with van der Waals surface area (Å²) in [4.78, 5) is 7.39. The third-order valence-corrected chi connectivity index (χ3v) is 4.53. The third kappa shape index (κ3) is 6.87. The molecular formula is C14H25N3S2. The maximum absolute atomic E-state index is 4.63. The minimum atomic E-state index is 0.766. The molecule has 5 heteroatoms. The number of thioether (sulfide) groups is 1. The van der Waals surface area contributed by atoms with Gasteiger partial charge in [0.25, 0.3) is 0 Å². The van der Waals surface area contributed by atoms with E-state index in [-0.39, 0.29) is 0 Å². The van der Waals surface area contributed by atoms with Crippen molar-refractivity contribution in [2.24, 2.45) is 4.99 Å². The molecule has 0 aromatic carbocycles. The van der Waals surface area contributed by atoms with Crippen LogP contribution in [0.25, 0.3) is 0 Å². The van der Waals surface area contributed by atoms with Crippen LogP contribution in [-0.4, -0.2) is 31.1 Å². The molecule has 3 nitrogen and oxygen atoms in total. The van der Waals surface area contributed by atoms with Crippen molar-refractivity contribution in [3.63, 3.8) is 0 Å². The van der Waals surface area contributed by atoms with Gasteiger partial charge in [-0.05, 0) is 43.9 Å². The standard InChI is InChI=1S/C14H25N3S2/c1-4-12-7-8-13(19-12)11-17-14(15-5-2)16-9-6-10-18-3/h7-8H,4-6,9-11H2,1-3H3,(H2,15,16,17). The highest BCUT2D eigenvalue weighted by atomic mass is 32.2. The maximum atomic E-state index is 4.63. The first kappa shape index (κ1) is 16.4. The van der Waals surface area contributed by atoms with Gasteiger partial charge in [-0.3, -0.25) is 0 Å². The molecule has 1 aromatic rings. The molecule has 19 heavy (non-hydrogen) atoms. The number of thiophene rings is 1. The highest BCUT2D eigenvalue weighted by molar-refractivity contribution is 7.98. The summed E-state index contributed by atoms with van der Waals surface area (Å²) >= 11 is 3.74. The number of hydrogen-bond acceptors (Lipinski definition) is 3. The van der Waals surface area contributed by atoms with Crippen LogP contribution in [0.1, 0.15) is 30.0 Å². The van der Waals surface area contributed by atoms with Crippen LogP contribution in [0.2, 0.25) is 0 Å². The molecular weight excluding hydrogens is 274 g/mol. The van der Waals surface area contributed by atoms with Crippen LogP contribution in [0.4, 0.5) is 0 Å². The van der Waals surface area contributed by atoms with E-state index in [1.807, 2.05) is 23.1 Å². The van der Waals surface area contributed by atoms with E-state index >= 15 is 0 Å². The fourth-order valence-electron chi connectivity index (χ4n) is 1.62. The Morgan fingerprint density at radius 3 is 2.68 bits per heavy atom. The first-order chi connectivity index (χ1) is 9.30. The van der Waals surface area contributed by atoms with Crippen LogP contribution in [0.15, 0.2) is 17.1 Å². The molecule has 0 aliphatic carbocycles. The monoisotopic (exact) mass is 299 g/mol. The summed E-state index contributed by atoms with van der Waals surface area (Å²) < 4.78 is 0. The second-order valence-electron chi connectivity index (χ2n) is 4.19. The largest absolute Gasteiger partial charge is 0.357 e. The number of nitrogens with zero attached hydrogens (tertiary/aromatic N) is 1. The van der Waals surface area contributed by atoms with E-state index in [4.69, 9.17) is 0 Å². The third-order valence-electron chi connectivity index (χ3n) is 2.62. The Balaban J connectivity index is 2.42. The van der Waals surface area contributed by atoms with Crippen molar-refractivity contribution in [1.29, 1.82) is 0 Å². The van der Waals surface area contributed by atoms with E-state index in [0.29, 0.717) is 0 Å².